The Morgan fingerprint density at radius 1 is 1.13 bits per heavy atom. The van der Waals surface area contributed by atoms with Gasteiger partial charge in [-0.15, -0.1) is 0 Å². The number of fused-ring (bicyclic) bond motifs is 2. The summed E-state index contributed by atoms with van der Waals surface area (Å²) >= 11 is 0. The summed E-state index contributed by atoms with van der Waals surface area (Å²) < 4.78 is 0. The maximum absolute atomic E-state index is 12.7. The van der Waals surface area contributed by atoms with E-state index < -0.39 is 0 Å². The molecule has 0 radical (unpaired) electrons. The van der Waals surface area contributed by atoms with E-state index in [2.05, 4.69) is 11.1 Å². The number of hydrogen-bond donors (Lipinski definition) is 2. The van der Waals surface area contributed by atoms with E-state index in [4.69, 9.17) is 0 Å². The van der Waals surface area contributed by atoms with Crippen LogP contribution in [-0.2, 0) is 0 Å². The number of aromatic nitrogens is 1. The van der Waals surface area contributed by atoms with Crippen molar-refractivity contribution in [3.63, 3.8) is 0 Å². The van der Waals surface area contributed by atoms with Gasteiger partial charge in [0.1, 0.15) is 0 Å². The number of benzene rings is 2. The molecular formula is C19H18N2O2. The highest BCUT2D eigenvalue weighted by atomic mass is 16.3. The van der Waals surface area contributed by atoms with Crippen LogP contribution in [-0.4, -0.2) is 34.0 Å². The highest BCUT2D eigenvalue weighted by molar-refractivity contribution is 6.01. The molecule has 1 aliphatic heterocycles. The lowest BCUT2D eigenvalue weighted by Crippen LogP contribution is -2.31. The van der Waals surface area contributed by atoms with Crippen molar-refractivity contribution in [3.8, 4) is 0 Å². The molecule has 0 unspecified atom stereocenters. The van der Waals surface area contributed by atoms with E-state index in [9.17, 15) is 9.90 Å². The van der Waals surface area contributed by atoms with Gasteiger partial charge in [-0.25, -0.2) is 0 Å². The third kappa shape index (κ3) is 1.99. The number of para-hydroxylation sites is 1. The Morgan fingerprint density at radius 3 is 2.70 bits per heavy atom. The number of hydrogen-bond acceptors (Lipinski definition) is 2. The van der Waals surface area contributed by atoms with Crippen LogP contribution in [0.25, 0.3) is 10.9 Å². The molecule has 2 N–H and O–H groups in total. The molecular weight excluding hydrogens is 288 g/mol. The van der Waals surface area contributed by atoms with Crippen molar-refractivity contribution < 1.29 is 9.90 Å². The molecule has 0 saturated heterocycles. The molecule has 2 heterocycles. The smallest absolute Gasteiger partial charge is 0.255 e. The van der Waals surface area contributed by atoms with Crippen molar-refractivity contribution >= 4 is 16.8 Å². The molecule has 4 rings (SSSR count). The van der Waals surface area contributed by atoms with Crippen molar-refractivity contribution in [2.45, 2.75) is 13.0 Å². The molecule has 0 spiro atoms. The van der Waals surface area contributed by atoms with E-state index in [1.807, 2.05) is 49.4 Å². The molecule has 3 aromatic rings. The molecule has 116 valence electrons. The van der Waals surface area contributed by atoms with Crippen LogP contribution in [0.1, 0.15) is 33.2 Å². The van der Waals surface area contributed by atoms with Crippen LogP contribution in [0.3, 0.4) is 0 Å². The van der Waals surface area contributed by atoms with E-state index in [0.717, 1.165) is 33.3 Å². The minimum atomic E-state index is -0.151. The number of carbonyl (C=O) groups excluding carboxylic acids is 1. The molecule has 1 aliphatic rings. The predicted octanol–water partition coefficient (Wildman–Crippen LogP) is 3.01. The second-order valence-corrected chi connectivity index (χ2v) is 5.92. The first-order valence-corrected chi connectivity index (χ1v) is 7.80. The number of aromatic amines is 1. The van der Waals surface area contributed by atoms with Crippen LogP contribution in [0.2, 0.25) is 0 Å². The maximum Gasteiger partial charge on any atom is 0.255 e. The Hall–Kier alpha value is -2.59. The number of β-amino-alcohol motifs (C(OH)–C–C–N with tert-alkyl or cyclic N) is 1. The highest BCUT2D eigenvalue weighted by Crippen LogP contribution is 2.42. The number of H-pyrrole nitrogens is 1. The van der Waals surface area contributed by atoms with Gasteiger partial charge in [0.05, 0.1) is 12.6 Å². The molecule has 2 aromatic carbocycles. The van der Waals surface area contributed by atoms with Gasteiger partial charge in [0.25, 0.3) is 5.91 Å². The van der Waals surface area contributed by atoms with Crippen molar-refractivity contribution in [2.75, 3.05) is 13.2 Å². The zero-order valence-electron chi connectivity index (χ0n) is 12.9. The van der Waals surface area contributed by atoms with Gasteiger partial charge < -0.3 is 15.0 Å². The quantitative estimate of drug-likeness (QED) is 0.781. The van der Waals surface area contributed by atoms with Crippen LogP contribution < -0.4 is 0 Å². The van der Waals surface area contributed by atoms with Gasteiger partial charge in [0, 0.05) is 34.3 Å². The Bertz CT molecular complexity index is 897. The zero-order valence-corrected chi connectivity index (χ0v) is 12.9. The summed E-state index contributed by atoms with van der Waals surface area (Å²) in [5.41, 5.74) is 4.99. The molecule has 4 heteroatoms. The number of amides is 1. The van der Waals surface area contributed by atoms with Crippen LogP contribution in [0.4, 0.5) is 0 Å². The molecule has 0 bridgehead atoms. The number of aliphatic hydroxyl groups excluding tert-OH is 1. The fourth-order valence-corrected chi connectivity index (χ4v) is 3.67. The molecule has 1 aromatic heterocycles. The highest BCUT2D eigenvalue weighted by Gasteiger charge is 2.38. The van der Waals surface area contributed by atoms with Crippen molar-refractivity contribution in [3.05, 3.63) is 70.9 Å². The minimum absolute atomic E-state index is 0.00988. The van der Waals surface area contributed by atoms with Gasteiger partial charge in [-0.2, -0.15) is 0 Å². The first kappa shape index (κ1) is 14.0. The van der Waals surface area contributed by atoms with Gasteiger partial charge in [-0.1, -0.05) is 36.4 Å². The van der Waals surface area contributed by atoms with E-state index in [-0.39, 0.29) is 18.6 Å². The Balaban J connectivity index is 1.97. The number of aryl methyl sites for hydroxylation is 1. The average molecular weight is 306 g/mol. The standard InChI is InChI=1S/C19H18N2O2/c1-12-17(15-8-4-5-9-16(15)20-12)18-13-6-2-3-7-14(13)19(23)21(18)10-11-22/h2-9,18,20,22H,10-11H2,1H3/t18-/m1/s1. The van der Waals surface area contributed by atoms with Gasteiger partial charge in [0.2, 0.25) is 0 Å². The number of nitrogens with zero attached hydrogens (tertiary/aromatic N) is 1. The van der Waals surface area contributed by atoms with E-state index in [1.54, 1.807) is 4.90 Å². The van der Waals surface area contributed by atoms with Gasteiger partial charge in [-0.05, 0) is 24.6 Å². The van der Waals surface area contributed by atoms with E-state index in [1.165, 1.54) is 0 Å². The second-order valence-electron chi connectivity index (χ2n) is 5.92. The van der Waals surface area contributed by atoms with Crippen molar-refractivity contribution in [1.29, 1.82) is 0 Å². The van der Waals surface area contributed by atoms with Gasteiger partial charge in [0.15, 0.2) is 0 Å². The van der Waals surface area contributed by atoms with Crippen molar-refractivity contribution in [1.82, 2.24) is 9.88 Å². The normalized spacial score (nSPS) is 17.0. The lowest BCUT2D eigenvalue weighted by molar-refractivity contribution is 0.0713. The largest absolute Gasteiger partial charge is 0.395 e. The number of carbonyl (C=O) groups is 1. The fourth-order valence-electron chi connectivity index (χ4n) is 3.67. The summed E-state index contributed by atoms with van der Waals surface area (Å²) in [5, 5.41) is 10.5. The third-order valence-electron chi connectivity index (χ3n) is 4.62. The Labute approximate surface area is 134 Å². The zero-order chi connectivity index (χ0) is 16.0. The van der Waals surface area contributed by atoms with E-state index >= 15 is 0 Å². The van der Waals surface area contributed by atoms with E-state index in [0.29, 0.717) is 6.54 Å². The minimum Gasteiger partial charge on any atom is -0.395 e. The fraction of sp³-hybridized carbons (Fsp3) is 0.211. The maximum atomic E-state index is 12.7. The first-order valence-electron chi connectivity index (χ1n) is 7.80. The summed E-state index contributed by atoms with van der Waals surface area (Å²) in [4.78, 5) is 17.9. The van der Waals surface area contributed by atoms with Crippen LogP contribution >= 0.6 is 0 Å². The first-order chi connectivity index (χ1) is 11.2. The summed E-state index contributed by atoms with van der Waals surface area (Å²) in [5.74, 6) is -0.00988. The monoisotopic (exact) mass is 306 g/mol. The van der Waals surface area contributed by atoms with Crippen LogP contribution in [0.15, 0.2) is 48.5 Å². The summed E-state index contributed by atoms with van der Waals surface area (Å²) in [7, 11) is 0. The average Bonchev–Trinajstić information content (AvgIpc) is 3.03. The SMILES string of the molecule is Cc1[nH]c2ccccc2c1[C@H]1c2ccccc2C(=O)N1CCO. The third-order valence-corrected chi connectivity index (χ3v) is 4.62. The number of rotatable bonds is 3. The molecule has 1 amide bonds. The summed E-state index contributed by atoms with van der Waals surface area (Å²) in [6.45, 7) is 2.33. The Morgan fingerprint density at radius 2 is 1.87 bits per heavy atom. The molecule has 4 nitrogen and oxygen atoms in total. The topological polar surface area (TPSA) is 56.3 Å². The summed E-state index contributed by atoms with van der Waals surface area (Å²) in [6, 6.07) is 15.7. The molecule has 23 heavy (non-hydrogen) atoms. The molecule has 0 aliphatic carbocycles. The Kier molecular flexibility index (Phi) is 3.20. The van der Waals surface area contributed by atoms with Crippen LogP contribution in [0, 0.1) is 6.92 Å². The molecule has 1 atom stereocenters. The lowest BCUT2D eigenvalue weighted by Gasteiger charge is -2.25. The molecule has 0 fully saturated rings. The van der Waals surface area contributed by atoms with Gasteiger partial charge in [-0.3, -0.25) is 4.79 Å². The predicted molar refractivity (Wildman–Crippen MR) is 89.4 cm³/mol. The number of nitrogens with one attached hydrogen (secondary N) is 1. The number of aliphatic hydroxyl groups is 1. The second kappa shape index (κ2) is 5.25. The lowest BCUT2D eigenvalue weighted by atomic mass is 9.95. The van der Waals surface area contributed by atoms with Gasteiger partial charge >= 0.3 is 0 Å². The summed E-state index contributed by atoms with van der Waals surface area (Å²) in [6.07, 6.45) is 0. The van der Waals surface area contributed by atoms with Crippen molar-refractivity contribution in [2.24, 2.45) is 0 Å². The molecule has 0 saturated carbocycles. The van der Waals surface area contributed by atoms with Crippen LogP contribution in [0.5, 0.6) is 0 Å².